The van der Waals surface area contributed by atoms with Crippen molar-refractivity contribution >= 4 is 0 Å². The molecular weight excluding hydrogens is 188 g/mol. The number of rotatable bonds is 2. The monoisotopic (exact) mass is 205 g/mol. The molecule has 1 aliphatic heterocycles. The zero-order valence-corrected chi connectivity index (χ0v) is 8.43. The van der Waals surface area contributed by atoms with Gasteiger partial charge >= 0.3 is 0 Å². The lowest BCUT2D eigenvalue weighted by molar-refractivity contribution is -0.0222. The Kier molecular flexibility index (Phi) is 2.75. The molecular formula is C10H17F2NO. The van der Waals surface area contributed by atoms with Gasteiger partial charge in [0.1, 0.15) is 0 Å². The first-order valence-corrected chi connectivity index (χ1v) is 5.31. The van der Waals surface area contributed by atoms with E-state index in [1.165, 1.54) is 0 Å². The molecule has 2 nitrogen and oxygen atoms in total. The number of hydrogen-bond acceptors (Lipinski definition) is 2. The van der Waals surface area contributed by atoms with Crippen molar-refractivity contribution in [1.29, 1.82) is 0 Å². The van der Waals surface area contributed by atoms with Gasteiger partial charge in [0.2, 0.25) is 0 Å². The summed E-state index contributed by atoms with van der Waals surface area (Å²) in [5.41, 5.74) is 0. The van der Waals surface area contributed by atoms with Gasteiger partial charge < -0.3 is 10.1 Å². The normalized spacial score (nSPS) is 41.8. The molecule has 1 saturated heterocycles. The average Bonchev–Trinajstić information content (AvgIpc) is 2.62. The molecule has 2 aliphatic rings. The lowest BCUT2D eigenvalue weighted by Crippen LogP contribution is -2.48. The van der Waals surface area contributed by atoms with Crippen molar-refractivity contribution in [2.45, 2.75) is 44.2 Å². The van der Waals surface area contributed by atoms with E-state index in [0.29, 0.717) is 32.0 Å². The molecule has 14 heavy (non-hydrogen) atoms. The lowest BCUT2D eigenvalue weighted by atomic mass is 10.0. The van der Waals surface area contributed by atoms with Crippen LogP contribution in [0.4, 0.5) is 8.78 Å². The van der Waals surface area contributed by atoms with Gasteiger partial charge in [-0.2, -0.15) is 0 Å². The highest BCUT2D eigenvalue weighted by atomic mass is 19.3. The molecule has 0 spiro atoms. The Bertz CT molecular complexity index is 210. The third-order valence-electron chi connectivity index (χ3n) is 3.29. The molecule has 0 amide bonds. The first-order valence-electron chi connectivity index (χ1n) is 5.31. The summed E-state index contributed by atoms with van der Waals surface area (Å²) in [6, 6.07) is -0.513. The Morgan fingerprint density at radius 2 is 2.14 bits per heavy atom. The van der Waals surface area contributed by atoms with Crippen LogP contribution in [0.5, 0.6) is 0 Å². The fourth-order valence-electron chi connectivity index (χ4n) is 2.26. The number of hydrogen-bond donors (Lipinski definition) is 1. The summed E-state index contributed by atoms with van der Waals surface area (Å²) in [4.78, 5) is 0. The van der Waals surface area contributed by atoms with Gasteiger partial charge in [-0.25, -0.2) is 8.78 Å². The minimum atomic E-state index is -2.51. The van der Waals surface area contributed by atoms with Gasteiger partial charge in [-0.15, -0.1) is 0 Å². The van der Waals surface area contributed by atoms with Gasteiger partial charge in [0.05, 0.1) is 19.3 Å². The van der Waals surface area contributed by atoms with E-state index in [1.54, 1.807) is 0 Å². The summed E-state index contributed by atoms with van der Waals surface area (Å²) in [5.74, 6) is -2.16. The van der Waals surface area contributed by atoms with Gasteiger partial charge in [-0.3, -0.25) is 0 Å². The third-order valence-corrected chi connectivity index (χ3v) is 3.29. The van der Waals surface area contributed by atoms with E-state index < -0.39 is 12.0 Å². The van der Waals surface area contributed by atoms with Gasteiger partial charge in [0, 0.05) is 12.5 Å². The fourth-order valence-corrected chi connectivity index (χ4v) is 2.26. The van der Waals surface area contributed by atoms with Gasteiger partial charge in [0.25, 0.3) is 5.92 Å². The molecule has 0 aromatic heterocycles. The number of halogens is 2. The standard InChI is InChI=1S/C10H17F2NO/c1-7-5-14-6-8(7)13-9-3-2-4-10(9,11)12/h7-9,13H,2-6H2,1H3. The average molecular weight is 205 g/mol. The van der Waals surface area contributed by atoms with Crippen LogP contribution in [0.3, 0.4) is 0 Å². The summed E-state index contributed by atoms with van der Waals surface area (Å²) in [5, 5.41) is 3.04. The van der Waals surface area contributed by atoms with Crippen LogP contribution in [0.2, 0.25) is 0 Å². The Labute approximate surface area is 83.0 Å². The molecule has 3 atom stereocenters. The first kappa shape index (κ1) is 10.3. The predicted octanol–water partition coefficient (Wildman–Crippen LogP) is 1.80. The van der Waals surface area contributed by atoms with Crippen molar-refractivity contribution in [2.24, 2.45) is 5.92 Å². The first-order chi connectivity index (χ1) is 6.59. The quantitative estimate of drug-likeness (QED) is 0.742. The zero-order chi connectivity index (χ0) is 10.2. The van der Waals surface area contributed by atoms with Crippen LogP contribution in [0, 0.1) is 5.92 Å². The van der Waals surface area contributed by atoms with E-state index in [-0.39, 0.29) is 12.5 Å². The van der Waals surface area contributed by atoms with Crippen LogP contribution >= 0.6 is 0 Å². The number of ether oxygens (including phenoxy) is 1. The van der Waals surface area contributed by atoms with Crippen LogP contribution in [-0.4, -0.2) is 31.2 Å². The number of alkyl halides is 2. The predicted molar refractivity (Wildman–Crippen MR) is 49.5 cm³/mol. The second-order valence-corrected chi connectivity index (χ2v) is 4.49. The fraction of sp³-hybridized carbons (Fsp3) is 1.00. The molecule has 1 saturated carbocycles. The van der Waals surface area contributed by atoms with Crippen LogP contribution in [0.15, 0.2) is 0 Å². The molecule has 2 fully saturated rings. The van der Waals surface area contributed by atoms with Crippen LogP contribution in [-0.2, 0) is 4.74 Å². The molecule has 0 aromatic carbocycles. The third kappa shape index (κ3) is 1.91. The molecule has 1 heterocycles. The molecule has 3 unspecified atom stereocenters. The zero-order valence-electron chi connectivity index (χ0n) is 8.43. The van der Waals surface area contributed by atoms with Crippen molar-refractivity contribution in [2.75, 3.05) is 13.2 Å². The van der Waals surface area contributed by atoms with E-state index in [9.17, 15) is 8.78 Å². The van der Waals surface area contributed by atoms with E-state index in [1.807, 2.05) is 6.92 Å². The van der Waals surface area contributed by atoms with Crippen molar-refractivity contribution < 1.29 is 13.5 Å². The Morgan fingerprint density at radius 1 is 1.36 bits per heavy atom. The van der Waals surface area contributed by atoms with Crippen molar-refractivity contribution in [3.63, 3.8) is 0 Å². The van der Waals surface area contributed by atoms with Crippen LogP contribution < -0.4 is 5.32 Å². The van der Waals surface area contributed by atoms with Crippen molar-refractivity contribution in [3.8, 4) is 0 Å². The summed E-state index contributed by atoms with van der Waals surface area (Å²) < 4.78 is 31.8. The number of nitrogens with one attached hydrogen (secondary N) is 1. The Morgan fingerprint density at radius 3 is 2.64 bits per heavy atom. The minimum Gasteiger partial charge on any atom is -0.379 e. The highest BCUT2D eigenvalue weighted by Crippen LogP contribution is 2.35. The van der Waals surface area contributed by atoms with E-state index in [0.717, 1.165) is 0 Å². The van der Waals surface area contributed by atoms with Crippen molar-refractivity contribution in [3.05, 3.63) is 0 Å². The maximum Gasteiger partial charge on any atom is 0.263 e. The van der Waals surface area contributed by atoms with Gasteiger partial charge in [0.15, 0.2) is 0 Å². The van der Waals surface area contributed by atoms with Crippen LogP contribution in [0.25, 0.3) is 0 Å². The SMILES string of the molecule is CC1COCC1NC1CCCC1(F)F. The summed E-state index contributed by atoms with van der Waals surface area (Å²) in [6.45, 7) is 3.31. The molecule has 0 aromatic rings. The summed E-state index contributed by atoms with van der Waals surface area (Å²) >= 11 is 0. The Hall–Kier alpha value is -0.220. The van der Waals surface area contributed by atoms with E-state index >= 15 is 0 Å². The molecule has 1 aliphatic carbocycles. The smallest absolute Gasteiger partial charge is 0.263 e. The molecule has 2 rings (SSSR count). The lowest BCUT2D eigenvalue weighted by Gasteiger charge is -2.25. The van der Waals surface area contributed by atoms with E-state index in [4.69, 9.17) is 4.74 Å². The van der Waals surface area contributed by atoms with E-state index in [2.05, 4.69) is 5.32 Å². The molecule has 0 radical (unpaired) electrons. The second kappa shape index (κ2) is 3.74. The van der Waals surface area contributed by atoms with Crippen molar-refractivity contribution in [1.82, 2.24) is 5.32 Å². The van der Waals surface area contributed by atoms with Gasteiger partial charge in [-0.05, 0) is 18.8 Å². The second-order valence-electron chi connectivity index (χ2n) is 4.49. The topological polar surface area (TPSA) is 21.3 Å². The highest BCUT2D eigenvalue weighted by molar-refractivity contribution is 4.93. The van der Waals surface area contributed by atoms with Gasteiger partial charge in [-0.1, -0.05) is 6.92 Å². The maximum atomic E-state index is 13.3. The molecule has 4 heteroatoms. The highest BCUT2D eigenvalue weighted by Gasteiger charge is 2.45. The molecule has 0 bridgehead atoms. The minimum absolute atomic E-state index is 0.0343. The summed E-state index contributed by atoms with van der Waals surface area (Å²) in [6.07, 6.45) is 1.26. The molecule has 82 valence electrons. The largest absolute Gasteiger partial charge is 0.379 e. The van der Waals surface area contributed by atoms with Crippen LogP contribution in [0.1, 0.15) is 26.2 Å². The summed E-state index contributed by atoms with van der Waals surface area (Å²) in [7, 11) is 0. The maximum absolute atomic E-state index is 13.3. The Balaban J connectivity index is 1.90. The molecule has 1 N–H and O–H groups in total.